The van der Waals surface area contributed by atoms with Gasteiger partial charge in [-0.05, 0) is 49.4 Å². The Bertz CT molecular complexity index is 922. The molecule has 0 unspecified atom stereocenters. The van der Waals surface area contributed by atoms with E-state index in [4.69, 9.17) is 11.6 Å². The van der Waals surface area contributed by atoms with Gasteiger partial charge in [-0.2, -0.15) is 0 Å². The van der Waals surface area contributed by atoms with Gasteiger partial charge in [0.05, 0.1) is 5.39 Å². The fourth-order valence-corrected chi connectivity index (χ4v) is 4.59. The largest absolute Gasteiger partial charge is 0.306 e. The van der Waals surface area contributed by atoms with Crippen molar-refractivity contribution in [3.05, 3.63) is 51.6 Å². The van der Waals surface area contributed by atoms with Gasteiger partial charge in [0.15, 0.2) is 0 Å². The summed E-state index contributed by atoms with van der Waals surface area (Å²) in [6, 6.07) is 6.92. The number of thiophene rings is 1. The summed E-state index contributed by atoms with van der Waals surface area (Å²) < 4.78 is 0. The molecule has 1 amide bonds. The van der Waals surface area contributed by atoms with Crippen LogP contribution in [0, 0.1) is 0 Å². The van der Waals surface area contributed by atoms with Crippen LogP contribution in [0.3, 0.4) is 0 Å². The van der Waals surface area contributed by atoms with Crippen molar-refractivity contribution >= 4 is 44.9 Å². The van der Waals surface area contributed by atoms with Crippen molar-refractivity contribution in [1.82, 2.24) is 9.97 Å². The van der Waals surface area contributed by atoms with Crippen LogP contribution in [0.1, 0.15) is 40.1 Å². The van der Waals surface area contributed by atoms with Crippen molar-refractivity contribution in [1.29, 1.82) is 0 Å². The Kier molecular flexibility index (Phi) is 4.21. The van der Waals surface area contributed by atoms with E-state index in [-0.39, 0.29) is 5.91 Å². The molecule has 1 aromatic carbocycles. The van der Waals surface area contributed by atoms with E-state index in [1.165, 1.54) is 36.0 Å². The minimum Gasteiger partial charge on any atom is -0.306 e. The summed E-state index contributed by atoms with van der Waals surface area (Å²) in [5, 5.41) is 4.49. The van der Waals surface area contributed by atoms with E-state index in [0.29, 0.717) is 16.4 Å². The van der Waals surface area contributed by atoms with E-state index in [0.717, 1.165) is 23.1 Å². The van der Waals surface area contributed by atoms with Crippen LogP contribution in [0.25, 0.3) is 10.2 Å². The monoisotopic (exact) mass is 357 g/mol. The number of rotatable bonds is 2. The fraction of sp³-hybridized carbons (Fsp3) is 0.278. The number of hydrogen-bond donors (Lipinski definition) is 1. The molecule has 0 bridgehead atoms. The van der Waals surface area contributed by atoms with Gasteiger partial charge in [-0.25, -0.2) is 9.97 Å². The lowest BCUT2D eigenvalue weighted by Crippen LogP contribution is -2.13. The van der Waals surface area contributed by atoms with Crippen LogP contribution in [0.5, 0.6) is 0 Å². The molecule has 1 aliphatic carbocycles. The molecule has 4 rings (SSSR count). The maximum atomic E-state index is 12.5. The summed E-state index contributed by atoms with van der Waals surface area (Å²) in [6.07, 6.45) is 7.29. The van der Waals surface area contributed by atoms with Gasteiger partial charge in [-0.15, -0.1) is 11.3 Å². The second kappa shape index (κ2) is 6.49. The SMILES string of the molecule is O=C(Nc1ncnc2sc3c(c12)CCCCC3)c1cccc(Cl)c1. The Labute approximate surface area is 148 Å². The molecule has 4 nitrogen and oxygen atoms in total. The number of aromatic nitrogens is 2. The predicted octanol–water partition coefficient (Wildman–Crippen LogP) is 4.87. The second-order valence-corrected chi connectivity index (χ2v) is 7.45. The van der Waals surface area contributed by atoms with Crippen LogP contribution in [0.2, 0.25) is 5.02 Å². The number of hydrogen-bond acceptors (Lipinski definition) is 4. The van der Waals surface area contributed by atoms with Crippen molar-refractivity contribution in [2.75, 3.05) is 5.32 Å². The van der Waals surface area contributed by atoms with Gasteiger partial charge >= 0.3 is 0 Å². The fourth-order valence-electron chi connectivity index (χ4n) is 3.17. The Morgan fingerprint density at radius 2 is 2.04 bits per heavy atom. The van der Waals surface area contributed by atoms with Gasteiger partial charge in [0.25, 0.3) is 5.91 Å². The third-order valence-electron chi connectivity index (χ3n) is 4.32. The molecule has 0 fully saturated rings. The third-order valence-corrected chi connectivity index (χ3v) is 5.75. The van der Waals surface area contributed by atoms with E-state index in [1.807, 2.05) is 0 Å². The number of nitrogens with zero attached hydrogens (tertiary/aromatic N) is 2. The summed E-state index contributed by atoms with van der Waals surface area (Å²) in [6.45, 7) is 0. The van der Waals surface area contributed by atoms with Crippen LogP contribution in [-0.4, -0.2) is 15.9 Å². The minimum atomic E-state index is -0.203. The van der Waals surface area contributed by atoms with Crippen molar-refractivity contribution < 1.29 is 4.79 Å². The van der Waals surface area contributed by atoms with E-state index in [1.54, 1.807) is 35.6 Å². The summed E-state index contributed by atoms with van der Waals surface area (Å²) in [5.41, 5.74) is 1.84. The van der Waals surface area contributed by atoms with Gasteiger partial charge in [-0.1, -0.05) is 24.1 Å². The molecule has 3 aromatic rings. The molecule has 0 spiro atoms. The number of anilines is 1. The molecular formula is C18H16ClN3OS. The first kappa shape index (κ1) is 15.5. The Balaban J connectivity index is 1.74. The van der Waals surface area contributed by atoms with E-state index in [2.05, 4.69) is 15.3 Å². The molecule has 6 heteroatoms. The smallest absolute Gasteiger partial charge is 0.256 e. The molecule has 2 heterocycles. The molecular weight excluding hydrogens is 342 g/mol. The zero-order chi connectivity index (χ0) is 16.5. The summed E-state index contributed by atoms with van der Waals surface area (Å²) in [4.78, 5) is 23.6. The van der Waals surface area contributed by atoms with Gasteiger partial charge in [0, 0.05) is 15.5 Å². The zero-order valence-corrected chi connectivity index (χ0v) is 14.6. The predicted molar refractivity (Wildman–Crippen MR) is 98.1 cm³/mol. The second-order valence-electron chi connectivity index (χ2n) is 5.93. The number of halogens is 1. The number of carbonyl (C=O) groups excluding carboxylic acids is 1. The minimum absolute atomic E-state index is 0.203. The lowest BCUT2D eigenvalue weighted by molar-refractivity contribution is 0.102. The molecule has 1 aliphatic rings. The van der Waals surface area contributed by atoms with Crippen LogP contribution >= 0.6 is 22.9 Å². The topological polar surface area (TPSA) is 54.9 Å². The van der Waals surface area contributed by atoms with Crippen molar-refractivity contribution in [3.8, 4) is 0 Å². The molecule has 0 saturated heterocycles. The third kappa shape index (κ3) is 2.89. The Hall–Kier alpha value is -1.98. The molecule has 0 atom stereocenters. The number of nitrogens with one attached hydrogen (secondary N) is 1. The summed E-state index contributed by atoms with van der Waals surface area (Å²) >= 11 is 7.71. The quantitative estimate of drug-likeness (QED) is 0.666. The van der Waals surface area contributed by atoms with Crippen LogP contribution in [0.15, 0.2) is 30.6 Å². The number of fused-ring (bicyclic) bond motifs is 3. The lowest BCUT2D eigenvalue weighted by Gasteiger charge is -2.07. The molecule has 0 saturated carbocycles. The van der Waals surface area contributed by atoms with Gasteiger partial charge < -0.3 is 5.32 Å². The maximum Gasteiger partial charge on any atom is 0.256 e. The van der Waals surface area contributed by atoms with E-state index >= 15 is 0 Å². The van der Waals surface area contributed by atoms with E-state index in [9.17, 15) is 4.79 Å². The Morgan fingerprint density at radius 1 is 1.17 bits per heavy atom. The maximum absolute atomic E-state index is 12.5. The van der Waals surface area contributed by atoms with Crippen LogP contribution < -0.4 is 5.32 Å². The number of aryl methyl sites for hydroxylation is 2. The zero-order valence-electron chi connectivity index (χ0n) is 13.0. The highest BCUT2D eigenvalue weighted by Gasteiger charge is 2.20. The van der Waals surface area contributed by atoms with Crippen LogP contribution in [0.4, 0.5) is 5.82 Å². The van der Waals surface area contributed by atoms with E-state index < -0.39 is 0 Å². The lowest BCUT2D eigenvalue weighted by atomic mass is 10.1. The molecule has 0 radical (unpaired) electrons. The van der Waals surface area contributed by atoms with Gasteiger partial charge in [0.1, 0.15) is 17.0 Å². The highest BCUT2D eigenvalue weighted by molar-refractivity contribution is 7.19. The highest BCUT2D eigenvalue weighted by atomic mass is 35.5. The Morgan fingerprint density at radius 3 is 2.92 bits per heavy atom. The van der Waals surface area contributed by atoms with Crippen LogP contribution in [-0.2, 0) is 12.8 Å². The summed E-state index contributed by atoms with van der Waals surface area (Å²) in [5.74, 6) is 0.399. The average molecular weight is 358 g/mol. The molecule has 1 N–H and O–H groups in total. The van der Waals surface area contributed by atoms with Crippen molar-refractivity contribution in [2.45, 2.75) is 32.1 Å². The first-order valence-corrected chi connectivity index (χ1v) is 9.24. The van der Waals surface area contributed by atoms with Crippen molar-refractivity contribution in [2.24, 2.45) is 0 Å². The van der Waals surface area contributed by atoms with Gasteiger partial charge in [-0.3, -0.25) is 4.79 Å². The highest BCUT2D eigenvalue weighted by Crippen LogP contribution is 2.37. The first-order chi connectivity index (χ1) is 11.7. The van der Waals surface area contributed by atoms with Gasteiger partial charge in [0.2, 0.25) is 0 Å². The molecule has 122 valence electrons. The average Bonchev–Trinajstić information content (AvgIpc) is 2.78. The molecule has 0 aliphatic heterocycles. The number of benzene rings is 1. The first-order valence-electron chi connectivity index (χ1n) is 8.04. The number of carbonyl (C=O) groups is 1. The van der Waals surface area contributed by atoms with Crippen molar-refractivity contribution in [3.63, 3.8) is 0 Å². The molecule has 24 heavy (non-hydrogen) atoms. The number of amides is 1. The molecule has 2 aromatic heterocycles. The standard InChI is InChI=1S/C18H16ClN3OS/c19-12-6-4-5-11(9-12)17(23)22-16-15-13-7-2-1-3-8-14(13)24-18(15)21-10-20-16/h4-6,9-10H,1-3,7-8H2,(H,20,21,22,23). The normalized spacial score (nSPS) is 14.2. The summed E-state index contributed by atoms with van der Waals surface area (Å²) in [7, 11) is 0.